The van der Waals surface area contributed by atoms with Gasteiger partial charge in [0.1, 0.15) is 11.6 Å². The number of rotatable bonds is 8. The molecule has 182 valence electrons. The van der Waals surface area contributed by atoms with E-state index in [0.29, 0.717) is 19.6 Å². The molecule has 5 nitrogen and oxygen atoms in total. The molecule has 1 unspecified atom stereocenters. The van der Waals surface area contributed by atoms with E-state index < -0.39 is 0 Å². The van der Waals surface area contributed by atoms with Crippen LogP contribution in [0.1, 0.15) is 42.6 Å². The Kier molecular flexibility index (Phi) is 7.76. The van der Waals surface area contributed by atoms with Gasteiger partial charge in [-0.3, -0.25) is 4.79 Å². The number of fused-ring (bicyclic) bond motifs is 1. The van der Waals surface area contributed by atoms with Crippen LogP contribution in [0.2, 0.25) is 0 Å². The maximum Gasteiger partial charge on any atom is 0.227 e. The summed E-state index contributed by atoms with van der Waals surface area (Å²) in [5.74, 6) is 2.15. The minimum atomic E-state index is 0. The SMILES string of the molecule is CCc1ccccc1N1CC(c2nc3ccccc3n2CCCOc2cccc(C)c2)CC1=O.[Cl-]. The van der Waals surface area contributed by atoms with Gasteiger partial charge < -0.3 is 26.6 Å². The van der Waals surface area contributed by atoms with E-state index in [1.54, 1.807) is 0 Å². The van der Waals surface area contributed by atoms with E-state index in [-0.39, 0.29) is 24.2 Å². The van der Waals surface area contributed by atoms with Crippen LogP contribution in [0.3, 0.4) is 0 Å². The number of hydrogen-bond donors (Lipinski definition) is 0. The molecule has 4 aromatic rings. The number of aromatic nitrogens is 2. The highest BCUT2D eigenvalue weighted by Gasteiger charge is 2.35. The lowest BCUT2D eigenvalue weighted by molar-refractivity contribution is -0.117. The second-order valence-electron chi connectivity index (χ2n) is 9.02. The molecule has 0 radical (unpaired) electrons. The zero-order valence-electron chi connectivity index (χ0n) is 20.3. The minimum Gasteiger partial charge on any atom is -1.00 e. The number of nitrogens with zero attached hydrogens (tertiary/aromatic N) is 3. The van der Waals surface area contributed by atoms with E-state index in [1.807, 2.05) is 35.2 Å². The summed E-state index contributed by atoms with van der Waals surface area (Å²) in [5.41, 5.74) is 5.54. The number of carbonyl (C=O) groups excluding carboxylic acids is 1. The van der Waals surface area contributed by atoms with Crippen LogP contribution in [0.25, 0.3) is 11.0 Å². The summed E-state index contributed by atoms with van der Waals surface area (Å²) in [6, 6.07) is 24.6. The van der Waals surface area contributed by atoms with Crippen LogP contribution >= 0.6 is 0 Å². The third kappa shape index (κ3) is 5.20. The molecule has 6 heteroatoms. The molecule has 1 fully saturated rings. The van der Waals surface area contributed by atoms with Crippen LogP contribution < -0.4 is 22.0 Å². The fraction of sp³-hybridized carbons (Fsp3) is 0.310. The van der Waals surface area contributed by atoms with Gasteiger partial charge in [0, 0.05) is 31.1 Å². The van der Waals surface area contributed by atoms with Gasteiger partial charge in [0.25, 0.3) is 0 Å². The first kappa shape index (κ1) is 24.8. The van der Waals surface area contributed by atoms with E-state index in [1.165, 1.54) is 11.1 Å². The average Bonchev–Trinajstić information content (AvgIpc) is 3.42. The molecular formula is C29H31ClN3O2-. The number of benzene rings is 3. The second-order valence-corrected chi connectivity index (χ2v) is 9.02. The number of anilines is 1. The van der Waals surface area contributed by atoms with Crippen molar-refractivity contribution >= 4 is 22.6 Å². The molecule has 0 spiro atoms. The van der Waals surface area contributed by atoms with Gasteiger partial charge >= 0.3 is 0 Å². The highest BCUT2D eigenvalue weighted by atomic mass is 35.5. The quantitative estimate of drug-likeness (QED) is 0.358. The molecule has 1 aliphatic heterocycles. The van der Waals surface area contributed by atoms with Gasteiger partial charge in [-0.05, 0) is 61.2 Å². The molecule has 0 N–H and O–H groups in total. The standard InChI is InChI=1S/C29H31N3O2.ClH/c1-3-22-11-4-6-14-26(22)32-20-23(19-28(32)33)29-30-25-13-5-7-15-27(25)31(29)16-9-17-34-24-12-8-10-21(2)18-24;/h4-8,10-15,18,23H,3,9,16-17,19-20H2,1-2H3;1H/p-1. The van der Waals surface area contributed by atoms with Gasteiger partial charge in [-0.2, -0.15) is 0 Å². The molecule has 0 saturated carbocycles. The van der Waals surface area contributed by atoms with Crippen molar-refractivity contribution in [1.29, 1.82) is 0 Å². The number of hydrogen-bond acceptors (Lipinski definition) is 3. The summed E-state index contributed by atoms with van der Waals surface area (Å²) < 4.78 is 8.28. The largest absolute Gasteiger partial charge is 1.00 e. The highest BCUT2D eigenvalue weighted by Crippen LogP contribution is 2.34. The van der Waals surface area contributed by atoms with E-state index >= 15 is 0 Å². The van der Waals surface area contributed by atoms with Crippen LogP contribution in [0.15, 0.2) is 72.8 Å². The Hall–Kier alpha value is -3.31. The molecule has 1 aliphatic rings. The van der Waals surface area contributed by atoms with Crippen LogP contribution in [0, 0.1) is 6.92 Å². The van der Waals surface area contributed by atoms with Gasteiger partial charge in [0.2, 0.25) is 5.91 Å². The number of para-hydroxylation sites is 3. The first-order valence-electron chi connectivity index (χ1n) is 12.2. The Morgan fingerprint density at radius 2 is 1.83 bits per heavy atom. The molecule has 1 amide bonds. The van der Waals surface area contributed by atoms with Crippen LogP contribution in [0.5, 0.6) is 5.75 Å². The van der Waals surface area contributed by atoms with E-state index in [0.717, 1.165) is 47.7 Å². The second kappa shape index (κ2) is 11.0. The van der Waals surface area contributed by atoms with Crippen molar-refractivity contribution < 1.29 is 21.9 Å². The third-order valence-corrected chi connectivity index (χ3v) is 6.62. The summed E-state index contributed by atoms with van der Waals surface area (Å²) in [7, 11) is 0. The number of halogens is 1. The molecule has 5 rings (SSSR count). The van der Waals surface area contributed by atoms with Crippen molar-refractivity contribution in [1.82, 2.24) is 9.55 Å². The van der Waals surface area contributed by atoms with Crippen molar-refractivity contribution in [2.45, 2.75) is 45.6 Å². The monoisotopic (exact) mass is 488 g/mol. The Labute approximate surface area is 213 Å². The van der Waals surface area contributed by atoms with Crippen molar-refractivity contribution in [3.05, 3.63) is 89.7 Å². The molecule has 1 saturated heterocycles. The maximum absolute atomic E-state index is 13.1. The molecule has 1 aromatic heterocycles. The summed E-state index contributed by atoms with van der Waals surface area (Å²) in [6.07, 6.45) is 2.26. The molecule has 2 heterocycles. The topological polar surface area (TPSA) is 47.4 Å². The van der Waals surface area contributed by atoms with Crippen molar-refractivity contribution in [3.63, 3.8) is 0 Å². The molecule has 0 bridgehead atoms. The van der Waals surface area contributed by atoms with Gasteiger partial charge in [-0.15, -0.1) is 0 Å². The lowest BCUT2D eigenvalue weighted by Gasteiger charge is -2.20. The zero-order chi connectivity index (χ0) is 23.5. The van der Waals surface area contributed by atoms with Gasteiger partial charge in [0.05, 0.1) is 17.6 Å². The van der Waals surface area contributed by atoms with Crippen molar-refractivity contribution in [2.24, 2.45) is 0 Å². The summed E-state index contributed by atoms with van der Waals surface area (Å²) in [5, 5.41) is 0. The third-order valence-electron chi connectivity index (χ3n) is 6.62. The minimum absolute atomic E-state index is 0. The predicted octanol–water partition coefficient (Wildman–Crippen LogP) is 2.90. The lowest BCUT2D eigenvalue weighted by Crippen LogP contribution is -3.00. The Bertz CT molecular complexity index is 1320. The van der Waals surface area contributed by atoms with Gasteiger partial charge in [0.15, 0.2) is 0 Å². The fourth-order valence-electron chi connectivity index (χ4n) is 4.95. The fourth-order valence-corrected chi connectivity index (χ4v) is 4.95. The smallest absolute Gasteiger partial charge is 0.227 e. The van der Waals surface area contributed by atoms with E-state index in [9.17, 15) is 4.79 Å². The normalized spacial score (nSPS) is 15.4. The van der Waals surface area contributed by atoms with Crippen molar-refractivity contribution in [3.8, 4) is 5.75 Å². The molecule has 3 aromatic carbocycles. The first-order chi connectivity index (χ1) is 16.6. The maximum atomic E-state index is 13.1. The van der Waals surface area contributed by atoms with Crippen LogP contribution in [-0.4, -0.2) is 28.6 Å². The number of ether oxygens (including phenoxy) is 1. The summed E-state index contributed by atoms with van der Waals surface area (Å²) >= 11 is 0. The number of imidazole rings is 1. The number of carbonyl (C=O) groups is 1. The Balaban J connectivity index is 0.00000289. The summed E-state index contributed by atoms with van der Waals surface area (Å²) in [6.45, 7) is 6.31. The Morgan fingerprint density at radius 3 is 2.66 bits per heavy atom. The van der Waals surface area contributed by atoms with Crippen LogP contribution in [-0.2, 0) is 17.8 Å². The van der Waals surface area contributed by atoms with Gasteiger partial charge in [-0.25, -0.2) is 4.98 Å². The van der Waals surface area contributed by atoms with E-state index in [4.69, 9.17) is 9.72 Å². The molecule has 35 heavy (non-hydrogen) atoms. The van der Waals surface area contributed by atoms with E-state index in [2.05, 4.69) is 60.9 Å². The number of amides is 1. The predicted molar refractivity (Wildman–Crippen MR) is 137 cm³/mol. The molecule has 1 atom stereocenters. The lowest BCUT2D eigenvalue weighted by atomic mass is 10.1. The molecule has 0 aliphatic carbocycles. The molecular weight excluding hydrogens is 458 g/mol. The van der Waals surface area contributed by atoms with Crippen molar-refractivity contribution in [2.75, 3.05) is 18.1 Å². The summed E-state index contributed by atoms with van der Waals surface area (Å²) in [4.78, 5) is 20.0. The highest BCUT2D eigenvalue weighted by molar-refractivity contribution is 5.97. The Morgan fingerprint density at radius 1 is 1.03 bits per heavy atom. The zero-order valence-corrected chi connectivity index (χ0v) is 21.0. The average molecular weight is 489 g/mol. The van der Waals surface area contributed by atoms with Crippen LogP contribution in [0.4, 0.5) is 5.69 Å². The number of aryl methyl sites for hydroxylation is 3. The van der Waals surface area contributed by atoms with Gasteiger partial charge in [-0.1, -0.05) is 49.4 Å². The first-order valence-corrected chi connectivity index (χ1v) is 12.2.